The summed E-state index contributed by atoms with van der Waals surface area (Å²) in [5.74, 6) is 2.58. The molecule has 4 heterocycles. The molecule has 4 aromatic rings. The quantitative estimate of drug-likeness (QED) is 0.257. The van der Waals surface area contributed by atoms with Gasteiger partial charge in [0.1, 0.15) is 5.75 Å². The predicted molar refractivity (Wildman–Crippen MR) is 144 cm³/mol. The molecule has 1 aliphatic heterocycles. The van der Waals surface area contributed by atoms with Gasteiger partial charge in [-0.1, -0.05) is 24.3 Å². The van der Waals surface area contributed by atoms with Gasteiger partial charge >= 0.3 is 0 Å². The lowest BCUT2D eigenvalue weighted by atomic mass is 9.83. The maximum atomic E-state index is 6.31. The Labute approximate surface area is 214 Å². The van der Waals surface area contributed by atoms with Crippen molar-refractivity contribution in [3.63, 3.8) is 0 Å². The molecule has 35 heavy (non-hydrogen) atoms. The Morgan fingerprint density at radius 2 is 1.89 bits per heavy atom. The molecule has 180 valence electrons. The maximum Gasteiger partial charge on any atom is 0.188 e. The first-order chi connectivity index (χ1) is 17.1. The summed E-state index contributed by atoms with van der Waals surface area (Å²) in [5, 5.41) is 9.64. The molecule has 0 bridgehead atoms. The molecule has 0 aliphatic carbocycles. The number of piperidine rings is 1. The van der Waals surface area contributed by atoms with Crippen LogP contribution in [0.3, 0.4) is 0 Å². The zero-order chi connectivity index (χ0) is 24.1. The van der Waals surface area contributed by atoms with Crippen LogP contribution < -0.4 is 15.4 Å². The van der Waals surface area contributed by atoms with E-state index >= 15 is 0 Å². The number of rotatable bonds is 8. The van der Waals surface area contributed by atoms with Crippen molar-refractivity contribution in [3.8, 4) is 11.5 Å². The van der Waals surface area contributed by atoms with Gasteiger partial charge in [-0.2, -0.15) is 0 Å². The molecule has 3 aromatic heterocycles. The van der Waals surface area contributed by atoms with E-state index in [-0.39, 0.29) is 4.75 Å². The molecular formula is C27H29N5OS2. The van der Waals surface area contributed by atoms with Gasteiger partial charge in [-0.05, 0) is 76.0 Å². The minimum absolute atomic E-state index is 0.184. The normalized spacial score (nSPS) is 15.9. The largest absolute Gasteiger partial charge is 0.453 e. The Bertz CT molecular complexity index is 1240. The van der Waals surface area contributed by atoms with Crippen LogP contribution in [-0.4, -0.2) is 28.0 Å². The lowest BCUT2D eigenvalue weighted by molar-refractivity contribution is 0.302. The highest BCUT2D eigenvalue weighted by Gasteiger charge is 2.39. The SMILES string of the molecule is Cc1csc(Nc2ncc(SC(C)(c3ccccn3)C3CCNCC3)cc2Oc2ccccc2)n1. The third kappa shape index (κ3) is 5.66. The number of hydrogen-bond acceptors (Lipinski definition) is 8. The van der Waals surface area contributed by atoms with Crippen LogP contribution in [0.5, 0.6) is 11.5 Å². The van der Waals surface area contributed by atoms with Gasteiger partial charge in [0.25, 0.3) is 0 Å². The zero-order valence-corrected chi connectivity index (χ0v) is 21.5. The van der Waals surface area contributed by atoms with Gasteiger partial charge in [0.05, 0.1) is 16.1 Å². The van der Waals surface area contributed by atoms with E-state index in [4.69, 9.17) is 14.7 Å². The number of anilines is 2. The van der Waals surface area contributed by atoms with Crippen LogP contribution in [0.1, 0.15) is 31.2 Å². The fourth-order valence-corrected chi connectivity index (χ4v) is 6.48. The van der Waals surface area contributed by atoms with Crippen molar-refractivity contribution in [1.82, 2.24) is 20.3 Å². The Hall–Kier alpha value is -2.94. The zero-order valence-electron chi connectivity index (χ0n) is 19.9. The molecule has 1 saturated heterocycles. The molecular weight excluding hydrogens is 474 g/mol. The molecule has 0 spiro atoms. The van der Waals surface area contributed by atoms with Gasteiger partial charge in [-0.3, -0.25) is 4.98 Å². The molecule has 8 heteroatoms. The van der Waals surface area contributed by atoms with Crippen LogP contribution in [0.25, 0.3) is 0 Å². The first-order valence-electron chi connectivity index (χ1n) is 11.8. The Morgan fingerprint density at radius 3 is 2.60 bits per heavy atom. The molecule has 0 amide bonds. The topological polar surface area (TPSA) is 72.0 Å². The molecule has 5 rings (SSSR count). The van der Waals surface area contributed by atoms with Crippen LogP contribution in [0, 0.1) is 12.8 Å². The van der Waals surface area contributed by atoms with Crippen molar-refractivity contribution < 1.29 is 4.74 Å². The number of thiazole rings is 1. The van der Waals surface area contributed by atoms with E-state index in [2.05, 4.69) is 40.7 Å². The summed E-state index contributed by atoms with van der Waals surface area (Å²) in [6, 6.07) is 18.1. The van der Waals surface area contributed by atoms with E-state index < -0.39 is 0 Å². The molecule has 1 aromatic carbocycles. The molecule has 2 N–H and O–H groups in total. The van der Waals surface area contributed by atoms with Crippen LogP contribution in [0.2, 0.25) is 0 Å². The highest BCUT2D eigenvalue weighted by Crippen LogP contribution is 2.50. The lowest BCUT2D eigenvalue weighted by Gasteiger charge is -2.39. The average molecular weight is 504 g/mol. The number of nitrogens with one attached hydrogen (secondary N) is 2. The number of aryl methyl sites for hydroxylation is 1. The molecule has 1 fully saturated rings. The Balaban J connectivity index is 1.49. The second kappa shape index (κ2) is 10.8. The number of para-hydroxylation sites is 1. The number of nitrogens with zero attached hydrogens (tertiary/aromatic N) is 3. The second-order valence-corrected chi connectivity index (χ2v) is 11.2. The summed E-state index contributed by atoms with van der Waals surface area (Å²) in [4.78, 5) is 15.1. The van der Waals surface area contributed by atoms with E-state index in [1.54, 1.807) is 11.3 Å². The molecule has 0 radical (unpaired) electrons. The summed E-state index contributed by atoms with van der Waals surface area (Å²) < 4.78 is 6.12. The summed E-state index contributed by atoms with van der Waals surface area (Å²) in [6.07, 6.45) is 6.04. The molecule has 6 nitrogen and oxygen atoms in total. The van der Waals surface area contributed by atoms with E-state index in [1.807, 2.05) is 72.9 Å². The monoisotopic (exact) mass is 503 g/mol. The smallest absolute Gasteiger partial charge is 0.188 e. The van der Waals surface area contributed by atoms with Crippen LogP contribution >= 0.6 is 23.1 Å². The summed E-state index contributed by atoms with van der Waals surface area (Å²) in [7, 11) is 0. The summed E-state index contributed by atoms with van der Waals surface area (Å²) in [5.41, 5.74) is 2.08. The number of benzene rings is 1. The summed E-state index contributed by atoms with van der Waals surface area (Å²) >= 11 is 3.37. The second-order valence-electron chi connectivity index (χ2n) is 8.80. The minimum atomic E-state index is -0.184. The van der Waals surface area contributed by atoms with E-state index in [1.165, 1.54) is 0 Å². The van der Waals surface area contributed by atoms with Gasteiger partial charge in [-0.25, -0.2) is 9.97 Å². The van der Waals surface area contributed by atoms with Crippen molar-refractivity contribution >= 4 is 34.0 Å². The molecule has 0 saturated carbocycles. The van der Waals surface area contributed by atoms with Crippen molar-refractivity contribution in [2.24, 2.45) is 5.92 Å². The van der Waals surface area contributed by atoms with E-state index in [9.17, 15) is 0 Å². The molecule has 1 unspecified atom stereocenters. The third-order valence-corrected chi connectivity index (χ3v) is 8.57. The van der Waals surface area contributed by atoms with Crippen molar-refractivity contribution in [3.05, 3.63) is 83.8 Å². The van der Waals surface area contributed by atoms with Crippen molar-refractivity contribution in [1.29, 1.82) is 0 Å². The van der Waals surface area contributed by atoms with E-state index in [0.29, 0.717) is 17.5 Å². The number of thioether (sulfide) groups is 1. The first-order valence-corrected chi connectivity index (χ1v) is 13.5. The number of ether oxygens (including phenoxy) is 1. The number of pyridine rings is 2. The minimum Gasteiger partial charge on any atom is -0.453 e. The van der Waals surface area contributed by atoms with E-state index in [0.717, 1.165) is 53.1 Å². The van der Waals surface area contributed by atoms with Crippen LogP contribution in [-0.2, 0) is 4.75 Å². The van der Waals surface area contributed by atoms with Crippen molar-refractivity contribution in [2.45, 2.75) is 36.3 Å². The number of aromatic nitrogens is 3. The van der Waals surface area contributed by atoms with Gasteiger partial charge in [0, 0.05) is 22.7 Å². The molecule has 1 aliphatic rings. The number of hydrogen-bond donors (Lipinski definition) is 2. The highest BCUT2D eigenvalue weighted by atomic mass is 32.2. The van der Waals surface area contributed by atoms with Crippen molar-refractivity contribution in [2.75, 3.05) is 18.4 Å². The van der Waals surface area contributed by atoms with Gasteiger partial charge < -0.3 is 15.4 Å². The Morgan fingerprint density at radius 1 is 1.09 bits per heavy atom. The van der Waals surface area contributed by atoms with Gasteiger partial charge in [0.2, 0.25) is 0 Å². The first kappa shape index (κ1) is 23.8. The lowest BCUT2D eigenvalue weighted by Crippen LogP contribution is -2.38. The standard InChI is InChI=1S/C27H29N5OS2/c1-19-18-34-26(31-19)32-25-23(33-21-8-4-3-5-9-21)16-22(17-30-25)35-27(2,20-11-14-28-15-12-20)24-10-6-7-13-29-24/h3-10,13,16-18,20,28H,11-12,14-15H2,1-2H3,(H,30,31,32). The van der Waals surface area contributed by atoms with Gasteiger partial charge in [0.15, 0.2) is 16.7 Å². The fraction of sp³-hybridized carbons (Fsp3) is 0.296. The molecule has 1 atom stereocenters. The van der Waals surface area contributed by atoms with Crippen LogP contribution in [0.4, 0.5) is 10.9 Å². The average Bonchev–Trinajstić information content (AvgIpc) is 3.31. The predicted octanol–water partition coefficient (Wildman–Crippen LogP) is 6.78. The Kier molecular flexibility index (Phi) is 7.32. The highest BCUT2D eigenvalue weighted by molar-refractivity contribution is 8.00. The third-order valence-electron chi connectivity index (χ3n) is 6.26. The van der Waals surface area contributed by atoms with Gasteiger partial charge in [-0.15, -0.1) is 23.1 Å². The van der Waals surface area contributed by atoms with Crippen LogP contribution in [0.15, 0.2) is 77.3 Å². The maximum absolute atomic E-state index is 6.31. The summed E-state index contributed by atoms with van der Waals surface area (Å²) in [6.45, 7) is 6.36. The fourth-order valence-electron chi connectivity index (χ4n) is 4.40.